The summed E-state index contributed by atoms with van der Waals surface area (Å²) < 4.78 is 5.47. The number of nitrogens with zero attached hydrogens (tertiary/aromatic N) is 3. The molecule has 0 unspecified atom stereocenters. The molecule has 6 heteroatoms. The van der Waals surface area contributed by atoms with E-state index in [0.29, 0.717) is 5.89 Å². The van der Waals surface area contributed by atoms with Crippen LogP contribution >= 0.6 is 11.3 Å². The number of aryl methyl sites for hydroxylation is 1. The summed E-state index contributed by atoms with van der Waals surface area (Å²) in [5.41, 5.74) is 0.986. The Bertz CT molecular complexity index is 584. The zero-order valence-electron chi connectivity index (χ0n) is 12.1. The fourth-order valence-corrected chi connectivity index (χ4v) is 3.37. The van der Waals surface area contributed by atoms with Crippen molar-refractivity contribution in [1.29, 1.82) is 0 Å². The van der Waals surface area contributed by atoms with E-state index in [1.54, 1.807) is 11.3 Å². The lowest BCUT2D eigenvalue weighted by Gasteiger charge is -2.38. The molecule has 1 N–H and O–H groups in total. The first-order valence-electron chi connectivity index (χ1n) is 6.93. The Hall–Kier alpha value is -1.24. The number of thiophene rings is 1. The lowest BCUT2D eigenvalue weighted by molar-refractivity contribution is 0.0925. The standard InChI is InChI=1S/C14H20N4OS/c1-10-4-9-20-11(10)12-16-13(17-19-12)14(2,3)18-7-5-15-6-8-18/h4,9,15H,5-8H2,1-3H3. The first kappa shape index (κ1) is 13.7. The Labute approximate surface area is 123 Å². The van der Waals surface area contributed by atoms with E-state index in [9.17, 15) is 0 Å². The molecule has 0 amide bonds. The minimum atomic E-state index is -0.199. The Morgan fingerprint density at radius 2 is 2.10 bits per heavy atom. The van der Waals surface area contributed by atoms with Crippen LogP contribution < -0.4 is 5.32 Å². The first-order chi connectivity index (χ1) is 9.59. The van der Waals surface area contributed by atoms with Crippen LogP contribution in [-0.4, -0.2) is 41.2 Å². The summed E-state index contributed by atoms with van der Waals surface area (Å²) >= 11 is 1.64. The van der Waals surface area contributed by atoms with Crippen LogP contribution in [0.4, 0.5) is 0 Å². The Morgan fingerprint density at radius 3 is 2.75 bits per heavy atom. The third-order valence-electron chi connectivity index (χ3n) is 3.94. The number of nitrogens with one attached hydrogen (secondary N) is 1. The molecule has 1 fully saturated rings. The predicted molar refractivity (Wildman–Crippen MR) is 79.8 cm³/mol. The van der Waals surface area contributed by atoms with Crippen molar-refractivity contribution >= 4 is 11.3 Å². The van der Waals surface area contributed by atoms with Gasteiger partial charge in [-0.1, -0.05) is 5.16 Å². The monoisotopic (exact) mass is 292 g/mol. The Morgan fingerprint density at radius 1 is 1.35 bits per heavy atom. The summed E-state index contributed by atoms with van der Waals surface area (Å²) in [6, 6.07) is 2.07. The highest BCUT2D eigenvalue weighted by Gasteiger charge is 2.34. The van der Waals surface area contributed by atoms with Crippen molar-refractivity contribution in [1.82, 2.24) is 20.4 Å². The first-order valence-corrected chi connectivity index (χ1v) is 7.81. The molecule has 3 heterocycles. The van der Waals surface area contributed by atoms with Crippen molar-refractivity contribution < 1.29 is 4.52 Å². The largest absolute Gasteiger partial charge is 0.333 e. The maximum atomic E-state index is 5.47. The number of rotatable bonds is 3. The van der Waals surface area contributed by atoms with Crippen LogP contribution in [0, 0.1) is 6.92 Å². The maximum absolute atomic E-state index is 5.47. The highest BCUT2D eigenvalue weighted by Crippen LogP contribution is 2.31. The van der Waals surface area contributed by atoms with Crippen LogP contribution in [0.2, 0.25) is 0 Å². The second kappa shape index (κ2) is 5.27. The molecule has 0 bridgehead atoms. The summed E-state index contributed by atoms with van der Waals surface area (Å²) in [4.78, 5) is 8.10. The maximum Gasteiger partial charge on any atom is 0.268 e. The normalized spacial score (nSPS) is 17.6. The molecule has 20 heavy (non-hydrogen) atoms. The van der Waals surface area contributed by atoms with Crippen molar-refractivity contribution in [2.24, 2.45) is 0 Å². The van der Waals surface area contributed by atoms with Crippen molar-refractivity contribution in [3.63, 3.8) is 0 Å². The molecule has 0 aliphatic carbocycles. The summed E-state index contributed by atoms with van der Waals surface area (Å²) in [6.45, 7) is 10.4. The molecule has 2 aromatic rings. The minimum Gasteiger partial charge on any atom is -0.333 e. The van der Waals surface area contributed by atoms with Gasteiger partial charge in [0.1, 0.15) is 0 Å². The molecule has 108 valence electrons. The molecule has 3 rings (SSSR count). The van der Waals surface area contributed by atoms with E-state index in [-0.39, 0.29) is 5.54 Å². The van der Waals surface area contributed by atoms with Gasteiger partial charge in [0.2, 0.25) is 0 Å². The fraction of sp³-hybridized carbons (Fsp3) is 0.571. The van der Waals surface area contributed by atoms with Gasteiger partial charge in [-0.3, -0.25) is 4.90 Å². The van der Waals surface area contributed by atoms with Crippen LogP contribution in [0.25, 0.3) is 10.8 Å². The van der Waals surface area contributed by atoms with Gasteiger partial charge in [-0.25, -0.2) is 0 Å². The molecule has 0 saturated carbocycles. The van der Waals surface area contributed by atoms with E-state index < -0.39 is 0 Å². The molecule has 0 spiro atoms. The second-order valence-electron chi connectivity index (χ2n) is 5.65. The van der Waals surface area contributed by atoms with Crippen molar-refractivity contribution in [2.75, 3.05) is 26.2 Å². The van der Waals surface area contributed by atoms with Gasteiger partial charge in [-0.05, 0) is 37.8 Å². The van der Waals surface area contributed by atoms with Gasteiger partial charge in [0.15, 0.2) is 5.82 Å². The SMILES string of the molecule is Cc1ccsc1-c1nc(C(C)(C)N2CCNCC2)no1. The molecular formula is C14H20N4OS. The van der Waals surface area contributed by atoms with Crippen molar-refractivity contribution in [2.45, 2.75) is 26.3 Å². The fourth-order valence-electron chi connectivity index (χ4n) is 2.52. The van der Waals surface area contributed by atoms with Crippen LogP contribution in [0.15, 0.2) is 16.0 Å². The highest BCUT2D eigenvalue weighted by molar-refractivity contribution is 7.13. The van der Waals surface area contributed by atoms with Crippen molar-refractivity contribution in [3.05, 3.63) is 22.8 Å². The van der Waals surface area contributed by atoms with E-state index in [1.165, 1.54) is 5.56 Å². The predicted octanol–water partition coefficient (Wildman–Crippen LogP) is 2.25. The number of hydrogen-bond acceptors (Lipinski definition) is 6. The van der Waals surface area contributed by atoms with Crippen LogP contribution in [0.1, 0.15) is 25.2 Å². The topological polar surface area (TPSA) is 54.2 Å². The van der Waals surface area contributed by atoms with Gasteiger partial charge in [-0.15, -0.1) is 11.3 Å². The molecule has 2 aromatic heterocycles. The van der Waals surface area contributed by atoms with E-state index >= 15 is 0 Å². The van der Waals surface area contributed by atoms with E-state index in [2.05, 4.69) is 52.6 Å². The Kier molecular flexibility index (Phi) is 3.62. The zero-order chi connectivity index (χ0) is 14.2. The van der Waals surface area contributed by atoms with E-state index in [4.69, 9.17) is 4.52 Å². The molecule has 1 aliphatic heterocycles. The lowest BCUT2D eigenvalue weighted by Crippen LogP contribution is -2.52. The summed E-state index contributed by atoms with van der Waals surface area (Å²) in [7, 11) is 0. The van der Waals surface area contributed by atoms with Crippen LogP contribution in [-0.2, 0) is 5.54 Å². The Balaban J connectivity index is 1.87. The number of aromatic nitrogens is 2. The average Bonchev–Trinajstić information content (AvgIpc) is 3.08. The third kappa shape index (κ3) is 2.39. The van der Waals surface area contributed by atoms with E-state index in [0.717, 1.165) is 36.9 Å². The molecule has 1 saturated heterocycles. The van der Waals surface area contributed by atoms with Crippen LogP contribution in [0.3, 0.4) is 0 Å². The molecular weight excluding hydrogens is 272 g/mol. The number of hydrogen-bond donors (Lipinski definition) is 1. The molecule has 5 nitrogen and oxygen atoms in total. The van der Waals surface area contributed by atoms with Gasteiger partial charge in [0.05, 0.1) is 10.4 Å². The van der Waals surface area contributed by atoms with Gasteiger partial charge in [0, 0.05) is 26.2 Å². The van der Waals surface area contributed by atoms with Gasteiger partial charge >= 0.3 is 0 Å². The van der Waals surface area contributed by atoms with Gasteiger partial charge in [-0.2, -0.15) is 4.98 Å². The zero-order valence-corrected chi connectivity index (χ0v) is 13.0. The van der Waals surface area contributed by atoms with Gasteiger partial charge in [0.25, 0.3) is 5.89 Å². The molecule has 0 radical (unpaired) electrons. The quantitative estimate of drug-likeness (QED) is 0.940. The third-order valence-corrected chi connectivity index (χ3v) is 4.94. The smallest absolute Gasteiger partial charge is 0.268 e. The van der Waals surface area contributed by atoms with Crippen LogP contribution in [0.5, 0.6) is 0 Å². The summed E-state index contributed by atoms with van der Waals surface area (Å²) in [5, 5.41) is 9.64. The minimum absolute atomic E-state index is 0.199. The second-order valence-corrected chi connectivity index (χ2v) is 6.57. The molecule has 0 atom stereocenters. The summed E-state index contributed by atoms with van der Waals surface area (Å²) in [6.07, 6.45) is 0. The molecule has 1 aliphatic rings. The van der Waals surface area contributed by atoms with Crippen molar-refractivity contribution in [3.8, 4) is 10.8 Å². The molecule has 0 aromatic carbocycles. The summed E-state index contributed by atoms with van der Waals surface area (Å²) in [5.74, 6) is 1.40. The number of piperazine rings is 1. The highest BCUT2D eigenvalue weighted by atomic mass is 32.1. The lowest BCUT2D eigenvalue weighted by atomic mass is 10.0. The van der Waals surface area contributed by atoms with Gasteiger partial charge < -0.3 is 9.84 Å². The average molecular weight is 292 g/mol. The van der Waals surface area contributed by atoms with E-state index in [1.807, 2.05) is 0 Å².